The van der Waals surface area contributed by atoms with Crippen LogP contribution >= 0.6 is 0 Å². The molecule has 2 aliphatic heterocycles. The van der Waals surface area contributed by atoms with Gasteiger partial charge in [0, 0.05) is 37.6 Å². The third-order valence-corrected chi connectivity index (χ3v) is 6.78. The highest BCUT2D eigenvalue weighted by molar-refractivity contribution is 5.71. The molecule has 37 heavy (non-hydrogen) atoms. The van der Waals surface area contributed by atoms with Gasteiger partial charge in [0.1, 0.15) is 11.9 Å². The first-order chi connectivity index (χ1) is 17.4. The lowest BCUT2D eigenvalue weighted by Gasteiger charge is -2.36. The number of cyclic esters (lactones) is 1. The molecule has 2 atom stereocenters. The lowest BCUT2D eigenvalue weighted by Crippen LogP contribution is -2.41. The highest BCUT2D eigenvalue weighted by atomic mass is 19.4. The van der Waals surface area contributed by atoms with Crippen LogP contribution in [0.25, 0.3) is 0 Å². The Balaban J connectivity index is 1.63. The lowest BCUT2D eigenvalue weighted by molar-refractivity contribution is -0.143. The average molecular weight is 531 g/mol. The van der Waals surface area contributed by atoms with Crippen LogP contribution in [0.15, 0.2) is 36.5 Å². The van der Waals surface area contributed by atoms with Crippen LogP contribution in [-0.4, -0.2) is 47.8 Å². The second-order valence-corrected chi connectivity index (χ2v) is 9.13. The van der Waals surface area contributed by atoms with E-state index in [0.29, 0.717) is 43.3 Å². The van der Waals surface area contributed by atoms with E-state index in [1.165, 1.54) is 11.8 Å². The van der Waals surface area contributed by atoms with E-state index >= 15 is 0 Å². The number of ether oxygens (including phenoxy) is 2. The zero-order chi connectivity index (χ0) is 27.0. The summed E-state index contributed by atoms with van der Waals surface area (Å²) in [4.78, 5) is 20.8. The summed E-state index contributed by atoms with van der Waals surface area (Å²) in [6.45, 7) is 5.46. The number of carbonyl (C=O) groups is 1. The number of rotatable bonds is 6. The number of anilines is 1. The largest absolute Gasteiger partial charge is 0.439 e. The number of aromatic nitrogens is 1. The van der Waals surface area contributed by atoms with Crippen molar-refractivity contribution < 1.29 is 40.6 Å². The van der Waals surface area contributed by atoms with Crippen LogP contribution in [-0.2, 0) is 28.4 Å². The molecule has 2 aromatic rings. The third-order valence-electron chi connectivity index (χ3n) is 6.78. The predicted octanol–water partition coefficient (Wildman–Crippen LogP) is 6.21. The second kappa shape index (κ2) is 10.4. The molecule has 4 rings (SSSR count). The molecule has 2 aliphatic rings. The molecule has 12 heteroatoms. The molecule has 1 aromatic heterocycles. The van der Waals surface area contributed by atoms with Crippen LogP contribution in [0, 0.1) is 0 Å². The van der Waals surface area contributed by atoms with Crippen molar-refractivity contribution in [2.75, 3.05) is 24.7 Å². The molecule has 2 fully saturated rings. The topological polar surface area (TPSA) is 54.9 Å². The first-order valence-corrected chi connectivity index (χ1v) is 11.9. The minimum absolute atomic E-state index is 0.0322. The summed E-state index contributed by atoms with van der Waals surface area (Å²) in [5, 5.41) is 0. The minimum Gasteiger partial charge on any atom is -0.439 e. The van der Waals surface area contributed by atoms with Crippen LogP contribution in [0.3, 0.4) is 0 Å². The van der Waals surface area contributed by atoms with Crippen molar-refractivity contribution in [3.8, 4) is 0 Å². The SMILES string of the molecule is CCN(c1ncccc1CN1C(=O)OC(c2cc(C(F)(F)F)cc(C(F)(F)F)c2)C1C)C1CCOCC1. The molecule has 0 saturated carbocycles. The summed E-state index contributed by atoms with van der Waals surface area (Å²) in [5.41, 5.74) is -2.58. The van der Waals surface area contributed by atoms with E-state index in [1.54, 1.807) is 18.3 Å². The van der Waals surface area contributed by atoms with E-state index in [4.69, 9.17) is 9.47 Å². The summed E-state index contributed by atoms with van der Waals surface area (Å²) < 4.78 is 91.0. The number of amides is 1. The zero-order valence-corrected chi connectivity index (χ0v) is 20.3. The number of halogens is 6. The van der Waals surface area contributed by atoms with Crippen LogP contribution in [0.4, 0.5) is 37.0 Å². The first-order valence-electron chi connectivity index (χ1n) is 11.9. The van der Waals surface area contributed by atoms with Gasteiger partial charge in [-0.25, -0.2) is 9.78 Å². The second-order valence-electron chi connectivity index (χ2n) is 9.13. The number of hydrogen-bond donors (Lipinski definition) is 0. The van der Waals surface area contributed by atoms with Gasteiger partial charge in [-0.05, 0) is 56.5 Å². The van der Waals surface area contributed by atoms with Gasteiger partial charge >= 0.3 is 18.4 Å². The van der Waals surface area contributed by atoms with Crippen molar-refractivity contribution in [2.45, 2.75) is 63.8 Å². The monoisotopic (exact) mass is 531 g/mol. The molecule has 2 unspecified atom stereocenters. The molecule has 0 bridgehead atoms. The highest BCUT2D eigenvalue weighted by Gasteiger charge is 2.43. The Bertz CT molecular complexity index is 1090. The maximum absolute atomic E-state index is 13.4. The molecule has 0 spiro atoms. The molecule has 0 radical (unpaired) electrons. The normalized spacial score (nSPS) is 21.3. The molecular formula is C25H27F6N3O3. The van der Waals surface area contributed by atoms with Gasteiger partial charge in [-0.2, -0.15) is 26.3 Å². The Labute approximate surface area is 210 Å². The number of pyridine rings is 1. The van der Waals surface area contributed by atoms with E-state index in [0.717, 1.165) is 12.8 Å². The van der Waals surface area contributed by atoms with Crippen LogP contribution < -0.4 is 4.90 Å². The fourth-order valence-electron chi connectivity index (χ4n) is 4.88. The highest BCUT2D eigenvalue weighted by Crippen LogP contribution is 2.41. The molecule has 3 heterocycles. The van der Waals surface area contributed by atoms with Gasteiger partial charge in [0.05, 0.1) is 23.7 Å². The lowest BCUT2D eigenvalue weighted by atomic mass is 9.97. The molecule has 202 valence electrons. The number of hydrogen-bond acceptors (Lipinski definition) is 5. The van der Waals surface area contributed by atoms with Crippen molar-refractivity contribution in [1.29, 1.82) is 0 Å². The van der Waals surface area contributed by atoms with E-state index in [-0.39, 0.29) is 24.2 Å². The van der Waals surface area contributed by atoms with Crippen LogP contribution in [0.1, 0.15) is 55.0 Å². The summed E-state index contributed by atoms with van der Waals surface area (Å²) in [6.07, 6.45) is -8.88. The average Bonchev–Trinajstić information content (AvgIpc) is 3.13. The summed E-state index contributed by atoms with van der Waals surface area (Å²) in [7, 11) is 0. The molecule has 1 aromatic carbocycles. The third kappa shape index (κ3) is 5.78. The number of benzene rings is 1. The molecular weight excluding hydrogens is 504 g/mol. The molecule has 1 amide bonds. The van der Waals surface area contributed by atoms with Crippen molar-refractivity contribution in [3.63, 3.8) is 0 Å². The Morgan fingerprint density at radius 2 is 1.68 bits per heavy atom. The molecule has 0 aliphatic carbocycles. The Kier molecular flexibility index (Phi) is 7.59. The number of alkyl halides is 6. The standard InChI is InChI=1S/C25H27F6N3O3/c1-3-33(20-6-9-36-10-7-20)22-16(5-4-8-32-22)14-34-15(2)21(37-23(34)35)17-11-18(24(26,27)28)13-19(12-17)25(29,30)31/h4-5,8,11-13,15,20-21H,3,6-7,9-10,14H2,1-2H3. The summed E-state index contributed by atoms with van der Waals surface area (Å²) in [6, 6.07) is 4.13. The first kappa shape index (κ1) is 27.0. The Hall–Kier alpha value is -3.02. The van der Waals surface area contributed by atoms with Gasteiger partial charge in [-0.1, -0.05) is 6.07 Å². The van der Waals surface area contributed by atoms with Crippen LogP contribution in [0.2, 0.25) is 0 Å². The van der Waals surface area contributed by atoms with Gasteiger partial charge in [-0.15, -0.1) is 0 Å². The maximum atomic E-state index is 13.4. The minimum atomic E-state index is -5.00. The van der Waals surface area contributed by atoms with Gasteiger partial charge in [-0.3, -0.25) is 4.90 Å². The Morgan fingerprint density at radius 3 is 2.24 bits per heavy atom. The number of nitrogens with zero attached hydrogens (tertiary/aromatic N) is 3. The van der Waals surface area contributed by atoms with Gasteiger partial charge in [0.2, 0.25) is 0 Å². The molecule has 6 nitrogen and oxygen atoms in total. The van der Waals surface area contributed by atoms with Gasteiger partial charge in [0.25, 0.3) is 0 Å². The molecule has 0 N–H and O–H groups in total. The fourth-order valence-corrected chi connectivity index (χ4v) is 4.88. The quantitative estimate of drug-likeness (QED) is 0.415. The summed E-state index contributed by atoms with van der Waals surface area (Å²) in [5.74, 6) is 0.666. The molecule has 2 saturated heterocycles. The van der Waals surface area contributed by atoms with E-state index < -0.39 is 41.7 Å². The van der Waals surface area contributed by atoms with E-state index in [2.05, 4.69) is 9.88 Å². The predicted molar refractivity (Wildman–Crippen MR) is 122 cm³/mol. The fraction of sp³-hybridized carbons (Fsp3) is 0.520. The van der Waals surface area contributed by atoms with Crippen molar-refractivity contribution >= 4 is 11.9 Å². The van der Waals surface area contributed by atoms with Crippen molar-refractivity contribution in [1.82, 2.24) is 9.88 Å². The Morgan fingerprint density at radius 1 is 1.05 bits per heavy atom. The van der Waals surface area contributed by atoms with E-state index in [1.807, 2.05) is 6.92 Å². The van der Waals surface area contributed by atoms with E-state index in [9.17, 15) is 31.1 Å². The van der Waals surface area contributed by atoms with Gasteiger partial charge in [0.15, 0.2) is 0 Å². The van der Waals surface area contributed by atoms with Gasteiger partial charge < -0.3 is 14.4 Å². The summed E-state index contributed by atoms with van der Waals surface area (Å²) >= 11 is 0. The van der Waals surface area contributed by atoms with Crippen molar-refractivity contribution in [2.24, 2.45) is 0 Å². The van der Waals surface area contributed by atoms with Crippen molar-refractivity contribution in [3.05, 3.63) is 58.8 Å². The number of carbonyl (C=O) groups excluding carboxylic acids is 1. The van der Waals surface area contributed by atoms with Crippen LogP contribution in [0.5, 0.6) is 0 Å². The smallest absolute Gasteiger partial charge is 0.416 e. The maximum Gasteiger partial charge on any atom is 0.416 e. The zero-order valence-electron chi connectivity index (χ0n) is 20.3.